The van der Waals surface area contributed by atoms with E-state index in [2.05, 4.69) is 10.4 Å². The van der Waals surface area contributed by atoms with Gasteiger partial charge in [-0.2, -0.15) is 9.40 Å². The maximum atomic E-state index is 12.3. The van der Waals surface area contributed by atoms with Crippen LogP contribution in [0.15, 0.2) is 28.4 Å². The van der Waals surface area contributed by atoms with Crippen LogP contribution in [0.5, 0.6) is 0 Å². The second-order valence-electron chi connectivity index (χ2n) is 4.41. The van der Waals surface area contributed by atoms with E-state index < -0.39 is 10.0 Å². The smallest absolute Gasteiger partial charge is 0.262 e. The van der Waals surface area contributed by atoms with Crippen LogP contribution in [0.1, 0.15) is 0 Å². The highest BCUT2D eigenvalue weighted by atomic mass is 32.2. The van der Waals surface area contributed by atoms with Gasteiger partial charge in [-0.25, -0.2) is 8.42 Å². The largest absolute Gasteiger partial charge is 0.309 e. The number of hydrogen-bond donors (Lipinski definition) is 1. The molecule has 0 spiro atoms. The van der Waals surface area contributed by atoms with Crippen LogP contribution in [-0.4, -0.2) is 48.7 Å². The quantitative estimate of drug-likeness (QED) is 0.710. The van der Waals surface area contributed by atoms with Crippen molar-refractivity contribution < 1.29 is 8.42 Å². The molecule has 0 atom stereocenters. The maximum absolute atomic E-state index is 12.3. The van der Waals surface area contributed by atoms with Crippen molar-refractivity contribution in [1.82, 2.24) is 19.4 Å². The third kappa shape index (κ3) is 1.70. The van der Waals surface area contributed by atoms with E-state index in [9.17, 15) is 8.42 Å². The van der Waals surface area contributed by atoms with Crippen molar-refractivity contribution in [3.05, 3.63) is 23.4 Å². The monoisotopic (exact) mass is 254 g/mol. The molecule has 92 valence electrons. The lowest BCUT2D eigenvalue weighted by molar-refractivity contribution is 0.469. The van der Waals surface area contributed by atoms with Gasteiger partial charge >= 0.3 is 0 Å². The van der Waals surface area contributed by atoms with E-state index in [0.717, 1.165) is 13.1 Å². The summed E-state index contributed by atoms with van der Waals surface area (Å²) in [5.41, 5.74) is 2.43. The zero-order chi connectivity index (χ0) is 12.0. The molecule has 0 radical (unpaired) electrons. The van der Waals surface area contributed by atoms with Crippen LogP contribution in [0.4, 0.5) is 0 Å². The molecule has 3 heterocycles. The van der Waals surface area contributed by atoms with Crippen molar-refractivity contribution in [2.75, 3.05) is 26.2 Å². The van der Waals surface area contributed by atoms with Gasteiger partial charge in [-0.3, -0.25) is 4.68 Å². The van der Waals surface area contributed by atoms with Crippen LogP contribution in [0, 0.1) is 0 Å². The average molecular weight is 254 g/mol. The highest BCUT2D eigenvalue weighted by molar-refractivity contribution is 7.89. The Labute approximate surface area is 100.0 Å². The van der Waals surface area contributed by atoms with Crippen LogP contribution in [0.2, 0.25) is 0 Å². The minimum atomic E-state index is -3.43. The summed E-state index contributed by atoms with van der Waals surface area (Å²) in [6, 6.07) is 1.54. The number of nitrogens with one attached hydrogen (secondary N) is 1. The molecule has 0 saturated heterocycles. The third-order valence-corrected chi connectivity index (χ3v) is 4.89. The number of aromatic nitrogens is 2. The molecule has 3 rings (SSSR count). The lowest BCUT2D eigenvalue weighted by Gasteiger charge is -2.16. The first kappa shape index (κ1) is 10.9. The molecule has 6 nitrogen and oxygen atoms in total. The molecule has 17 heavy (non-hydrogen) atoms. The summed E-state index contributed by atoms with van der Waals surface area (Å²) in [5, 5.41) is 7.33. The van der Waals surface area contributed by atoms with Gasteiger partial charge in [0.2, 0.25) is 0 Å². The summed E-state index contributed by atoms with van der Waals surface area (Å²) >= 11 is 0. The van der Waals surface area contributed by atoms with Crippen LogP contribution in [-0.2, 0) is 17.1 Å². The van der Waals surface area contributed by atoms with Crippen molar-refractivity contribution in [2.24, 2.45) is 7.05 Å². The lowest BCUT2D eigenvalue weighted by Crippen LogP contribution is -2.32. The van der Waals surface area contributed by atoms with Crippen LogP contribution in [0.3, 0.4) is 0 Å². The summed E-state index contributed by atoms with van der Waals surface area (Å²) in [7, 11) is -1.71. The van der Waals surface area contributed by atoms with E-state index in [4.69, 9.17) is 0 Å². The molecule has 0 fully saturated rings. The Hall–Kier alpha value is -1.18. The first-order valence-corrected chi connectivity index (χ1v) is 6.91. The SMILES string of the molecule is Cn1ccc(S(=O)(=O)N2CC3=C(CNC3)C2)n1. The molecule has 7 heteroatoms. The fourth-order valence-corrected chi connectivity index (χ4v) is 3.65. The molecule has 0 bridgehead atoms. The van der Waals surface area contributed by atoms with Crippen LogP contribution >= 0.6 is 0 Å². The van der Waals surface area contributed by atoms with Crippen molar-refractivity contribution in [3.63, 3.8) is 0 Å². The summed E-state index contributed by atoms with van der Waals surface area (Å²) in [6.07, 6.45) is 1.64. The molecule has 1 aromatic heterocycles. The van der Waals surface area contributed by atoms with Gasteiger partial charge in [0, 0.05) is 39.4 Å². The number of sulfonamides is 1. The molecular formula is C10H14N4O2S. The maximum Gasteiger partial charge on any atom is 0.262 e. The highest BCUT2D eigenvalue weighted by Crippen LogP contribution is 2.25. The van der Waals surface area contributed by atoms with Crippen LogP contribution < -0.4 is 5.32 Å². The molecular weight excluding hydrogens is 240 g/mol. The molecule has 0 saturated carbocycles. The molecule has 2 aliphatic rings. The number of nitrogens with zero attached hydrogens (tertiary/aromatic N) is 3. The Morgan fingerprint density at radius 1 is 1.29 bits per heavy atom. The fraction of sp³-hybridized carbons (Fsp3) is 0.500. The molecule has 0 aromatic carbocycles. The van der Waals surface area contributed by atoms with Crippen LogP contribution in [0.25, 0.3) is 0 Å². The first-order chi connectivity index (χ1) is 8.07. The molecule has 2 aliphatic heterocycles. The Bertz CT molecular complexity index is 571. The number of rotatable bonds is 2. The van der Waals surface area contributed by atoms with Gasteiger partial charge in [0.05, 0.1) is 0 Å². The zero-order valence-corrected chi connectivity index (χ0v) is 10.4. The number of aryl methyl sites for hydroxylation is 1. The fourth-order valence-electron chi connectivity index (χ4n) is 2.26. The first-order valence-electron chi connectivity index (χ1n) is 5.47. The Morgan fingerprint density at radius 2 is 1.94 bits per heavy atom. The Balaban J connectivity index is 1.86. The molecule has 0 amide bonds. The van der Waals surface area contributed by atoms with Gasteiger partial charge in [0.25, 0.3) is 10.0 Å². The minimum Gasteiger partial charge on any atom is -0.309 e. The average Bonchev–Trinajstić information content (AvgIpc) is 2.89. The standard InChI is InChI=1S/C10H14N4O2S/c1-13-3-2-10(12-13)17(15,16)14-6-8-4-11-5-9(8)7-14/h2-3,11H,4-7H2,1H3. The van der Waals surface area contributed by atoms with Gasteiger partial charge < -0.3 is 5.32 Å². The van der Waals surface area contributed by atoms with E-state index in [-0.39, 0.29) is 5.03 Å². The summed E-state index contributed by atoms with van der Waals surface area (Å²) in [5.74, 6) is 0. The van der Waals surface area contributed by atoms with Crippen molar-refractivity contribution >= 4 is 10.0 Å². The second kappa shape index (κ2) is 3.66. The van der Waals surface area contributed by atoms with Gasteiger partial charge in [0.15, 0.2) is 5.03 Å². The molecule has 1 aromatic rings. The number of hydrogen-bond acceptors (Lipinski definition) is 4. The minimum absolute atomic E-state index is 0.133. The normalized spacial score (nSPS) is 21.2. The predicted octanol–water partition coefficient (Wildman–Crippen LogP) is -0.676. The molecule has 0 aliphatic carbocycles. The van der Waals surface area contributed by atoms with E-state index in [1.54, 1.807) is 13.2 Å². The lowest BCUT2D eigenvalue weighted by atomic mass is 10.2. The second-order valence-corrected chi connectivity index (χ2v) is 6.30. The van der Waals surface area contributed by atoms with E-state index in [1.807, 2.05) is 0 Å². The van der Waals surface area contributed by atoms with Crippen molar-refractivity contribution in [3.8, 4) is 0 Å². The van der Waals surface area contributed by atoms with Gasteiger partial charge in [-0.1, -0.05) is 0 Å². The zero-order valence-electron chi connectivity index (χ0n) is 9.55. The van der Waals surface area contributed by atoms with E-state index >= 15 is 0 Å². The van der Waals surface area contributed by atoms with Gasteiger partial charge in [0.1, 0.15) is 0 Å². The predicted molar refractivity (Wildman–Crippen MR) is 61.9 cm³/mol. The topological polar surface area (TPSA) is 67.2 Å². The van der Waals surface area contributed by atoms with E-state index in [0.29, 0.717) is 13.1 Å². The summed E-state index contributed by atoms with van der Waals surface area (Å²) < 4.78 is 27.6. The van der Waals surface area contributed by atoms with Gasteiger partial charge in [-0.05, 0) is 17.2 Å². The third-order valence-electron chi connectivity index (χ3n) is 3.20. The van der Waals surface area contributed by atoms with Crippen molar-refractivity contribution in [1.29, 1.82) is 0 Å². The summed E-state index contributed by atoms with van der Waals surface area (Å²) in [4.78, 5) is 0. The Kier molecular flexibility index (Phi) is 2.35. The molecule has 0 unspecified atom stereocenters. The summed E-state index contributed by atoms with van der Waals surface area (Å²) in [6.45, 7) is 2.62. The Morgan fingerprint density at radius 3 is 2.47 bits per heavy atom. The molecule has 1 N–H and O–H groups in total. The van der Waals surface area contributed by atoms with Crippen molar-refractivity contribution in [2.45, 2.75) is 5.03 Å². The van der Waals surface area contributed by atoms with E-state index in [1.165, 1.54) is 26.2 Å². The highest BCUT2D eigenvalue weighted by Gasteiger charge is 2.34. The van der Waals surface area contributed by atoms with Gasteiger partial charge in [-0.15, -0.1) is 0 Å².